The predicted molar refractivity (Wildman–Crippen MR) is 80.1 cm³/mol. The Morgan fingerprint density at radius 3 is 1.55 bits per heavy atom. The molecule has 0 aliphatic carbocycles. The first-order chi connectivity index (χ1) is 10.6. The van der Waals surface area contributed by atoms with E-state index in [-0.39, 0.29) is 19.8 Å². The van der Waals surface area contributed by atoms with Crippen molar-refractivity contribution in [3.05, 3.63) is 12.2 Å². The van der Waals surface area contributed by atoms with Crippen molar-refractivity contribution in [3.8, 4) is 0 Å². The third kappa shape index (κ3) is 10.0. The maximum Gasteiger partial charge on any atom is 0.752 e. The molecule has 0 spiro atoms. The van der Waals surface area contributed by atoms with E-state index in [0.717, 1.165) is 0 Å². The quantitative estimate of drug-likeness (QED) is 0.258. The second-order valence-corrected chi connectivity index (χ2v) is 6.02. The van der Waals surface area contributed by atoms with Gasteiger partial charge in [0.05, 0.1) is 39.6 Å². The molecule has 0 aliphatic rings. The van der Waals surface area contributed by atoms with Gasteiger partial charge in [-0.2, -0.15) is 0 Å². The summed E-state index contributed by atoms with van der Waals surface area (Å²) in [4.78, 5) is 11.7. The van der Waals surface area contributed by atoms with Crippen LogP contribution in [-0.4, -0.2) is 76.0 Å². The van der Waals surface area contributed by atoms with E-state index >= 15 is 0 Å². The van der Waals surface area contributed by atoms with Crippen molar-refractivity contribution < 1.29 is 36.7 Å². The number of carbonyl (C=O) groups excluding carboxylic acids is 1. The molecule has 9 heteroatoms. The van der Waals surface area contributed by atoms with Gasteiger partial charge >= 0.3 is 15.0 Å². The topological polar surface area (TPSA) is 81.7 Å². The maximum atomic E-state index is 11.7. The van der Waals surface area contributed by atoms with E-state index in [1.54, 1.807) is 13.0 Å². The first kappa shape index (κ1) is 21.2. The Morgan fingerprint density at radius 2 is 1.23 bits per heavy atom. The summed E-state index contributed by atoms with van der Waals surface area (Å²) in [5.74, 6) is -0.596. The van der Waals surface area contributed by atoms with Gasteiger partial charge in [-0.05, 0) is 6.92 Å². The summed E-state index contributed by atoms with van der Waals surface area (Å²) in [6.45, 7) is 3.17. The van der Waals surface area contributed by atoms with Gasteiger partial charge in [0, 0.05) is 27.4 Å². The minimum atomic E-state index is -3.65. The van der Waals surface area contributed by atoms with E-state index in [1.807, 2.05) is 0 Å². The molecular formula is C13H26O8Si. The van der Waals surface area contributed by atoms with Crippen molar-refractivity contribution in [2.45, 2.75) is 6.92 Å². The van der Waals surface area contributed by atoms with Gasteiger partial charge in [0.1, 0.15) is 0 Å². The highest BCUT2D eigenvalue weighted by Crippen LogP contribution is 2.13. The van der Waals surface area contributed by atoms with Crippen LogP contribution in [0.25, 0.3) is 0 Å². The van der Waals surface area contributed by atoms with Crippen LogP contribution in [0.3, 0.4) is 0 Å². The van der Waals surface area contributed by atoms with E-state index in [4.69, 9.17) is 31.9 Å². The number of carbonyl (C=O) groups is 1. The Hall–Kier alpha value is -0.813. The zero-order valence-electron chi connectivity index (χ0n) is 13.7. The lowest BCUT2D eigenvalue weighted by Gasteiger charge is -2.26. The molecule has 0 unspecified atom stereocenters. The summed E-state index contributed by atoms with van der Waals surface area (Å²) in [5.41, 5.74) is 0. The zero-order valence-corrected chi connectivity index (χ0v) is 14.7. The summed E-state index contributed by atoms with van der Waals surface area (Å²) in [6, 6.07) is 0. The van der Waals surface area contributed by atoms with E-state index < -0.39 is 15.0 Å². The van der Waals surface area contributed by atoms with Gasteiger partial charge in [-0.25, -0.2) is 4.79 Å². The number of ether oxygens (including phenoxy) is 3. The average Bonchev–Trinajstić information content (AvgIpc) is 2.48. The van der Waals surface area contributed by atoms with Crippen molar-refractivity contribution in [1.82, 2.24) is 0 Å². The van der Waals surface area contributed by atoms with Gasteiger partial charge < -0.3 is 31.9 Å². The summed E-state index contributed by atoms with van der Waals surface area (Å²) in [7, 11) is 0.965. The molecular weight excluding hydrogens is 312 g/mol. The van der Waals surface area contributed by atoms with Gasteiger partial charge in [-0.3, -0.25) is 0 Å². The zero-order chi connectivity index (χ0) is 16.7. The SMILES string of the molecule is CC=CC(=O)O[Si](OCCOC)(OCCOC)OCCOC. The number of methoxy groups -OCH3 is 3. The third-order valence-electron chi connectivity index (χ3n) is 2.23. The fraction of sp³-hybridized carbons (Fsp3) is 0.769. The van der Waals surface area contributed by atoms with Crippen molar-refractivity contribution in [2.24, 2.45) is 0 Å². The van der Waals surface area contributed by atoms with Crippen molar-refractivity contribution >= 4 is 15.0 Å². The van der Waals surface area contributed by atoms with Crippen molar-refractivity contribution in [3.63, 3.8) is 0 Å². The Kier molecular flexibility index (Phi) is 13.3. The van der Waals surface area contributed by atoms with E-state index in [9.17, 15) is 4.79 Å². The lowest BCUT2D eigenvalue weighted by atomic mass is 10.5. The van der Waals surface area contributed by atoms with Gasteiger partial charge in [-0.1, -0.05) is 6.08 Å². The Morgan fingerprint density at radius 1 is 0.818 bits per heavy atom. The highest BCUT2D eigenvalue weighted by atomic mass is 28.4. The van der Waals surface area contributed by atoms with Crippen LogP contribution in [0.2, 0.25) is 0 Å². The van der Waals surface area contributed by atoms with Crippen LogP contribution in [0.4, 0.5) is 0 Å². The molecule has 0 bridgehead atoms. The van der Waals surface area contributed by atoms with Crippen molar-refractivity contribution in [2.75, 3.05) is 61.0 Å². The molecule has 0 amide bonds. The smallest absolute Gasteiger partial charge is 0.449 e. The van der Waals surface area contributed by atoms with E-state index in [2.05, 4.69) is 0 Å². The summed E-state index contributed by atoms with van der Waals surface area (Å²) >= 11 is 0. The molecule has 0 fully saturated rings. The molecule has 0 saturated carbocycles. The molecule has 0 aromatic carbocycles. The van der Waals surface area contributed by atoms with Crippen LogP contribution in [0.5, 0.6) is 0 Å². The van der Waals surface area contributed by atoms with Crippen LogP contribution < -0.4 is 0 Å². The Bertz CT molecular complexity index is 284. The minimum absolute atomic E-state index is 0.172. The standard InChI is InChI=1S/C13H26O8Si/c1-5-6-13(14)21-22(18-10-7-15-2,19-11-8-16-3)20-12-9-17-4/h5-6H,7-12H2,1-4H3. The lowest BCUT2D eigenvalue weighted by Crippen LogP contribution is -2.52. The lowest BCUT2D eigenvalue weighted by molar-refractivity contribution is -0.140. The molecule has 0 aliphatic heterocycles. The normalized spacial score (nSPS) is 12.0. The minimum Gasteiger partial charge on any atom is -0.449 e. The highest BCUT2D eigenvalue weighted by molar-refractivity contribution is 6.55. The number of hydrogen-bond acceptors (Lipinski definition) is 8. The second kappa shape index (κ2) is 13.8. The molecule has 0 radical (unpaired) electrons. The van der Waals surface area contributed by atoms with Crippen LogP contribution >= 0.6 is 0 Å². The molecule has 0 aromatic rings. The second-order valence-electron chi connectivity index (χ2n) is 3.94. The first-order valence-electron chi connectivity index (χ1n) is 6.88. The molecule has 8 nitrogen and oxygen atoms in total. The molecule has 0 saturated heterocycles. The monoisotopic (exact) mass is 338 g/mol. The maximum absolute atomic E-state index is 11.7. The summed E-state index contributed by atoms with van der Waals surface area (Å²) in [6.07, 6.45) is 2.82. The third-order valence-corrected chi connectivity index (χ3v) is 4.35. The summed E-state index contributed by atoms with van der Waals surface area (Å²) < 4.78 is 36.8. The van der Waals surface area contributed by atoms with Crippen LogP contribution in [0.15, 0.2) is 12.2 Å². The molecule has 130 valence electrons. The molecule has 0 rings (SSSR count). The Balaban J connectivity index is 4.86. The average molecular weight is 338 g/mol. The van der Waals surface area contributed by atoms with E-state index in [1.165, 1.54) is 27.4 Å². The van der Waals surface area contributed by atoms with Gasteiger partial charge in [0.25, 0.3) is 0 Å². The number of hydrogen-bond donors (Lipinski definition) is 0. The fourth-order valence-electron chi connectivity index (χ4n) is 1.26. The van der Waals surface area contributed by atoms with Crippen molar-refractivity contribution in [1.29, 1.82) is 0 Å². The largest absolute Gasteiger partial charge is 0.752 e. The molecule has 0 atom stereocenters. The molecule has 0 aromatic heterocycles. The fourth-order valence-corrected chi connectivity index (χ4v) is 3.00. The Labute approximate surface area is 132 Å². The van der Waals surface area contributed by atoms with Gasteiger partial charge in [-0.15, -0.1) is 0 Å². The molecule has 0 N–H and O–H groups in total. The van der Waals surface area contributed by atoms with Crippen LogP contribution in [0, 0.1) is 0 Å². The van der Waals surface area contributed by atoms with Crippen LogP contribution in [0.1, 0.15) is 6.92 Å². The molecule has 0 heterocycles. The van der Waals surface area contributed by atoms with E-state index in [0.29, 0.717) is 19.8 Å². The first-order valence-corrected chi connectivity index (χ1v) is 8.51. The predicted octanol–water partition coefficient (Wildman–Crippen LogP) is 0.530. The van der Waals surface area contributed by atoms with Gasteiger partial charge in [0.15, 0.2) is 0 Å². The molecule has 22 heavy (non-hydrogen) atoms. The highest BCUT2D eigenvalue weighted by Gasteiger charge is 2.50. The van der Waals surface area contributed by atoms with Gasteiger partial charge in [0.2, 0.25) is 0 Å². The number of rotatable bonds is 14. The van der Waals surface area contributed by atoms with Crippen LogP contribution in [-0.2, 0) is 36.7 Å². The number of allylic oxidation sites excluding steroid dienone is 1. The summed E-state index contributed by atoms with van der Waals surface area (Å²) in [5, 5.41) is 0.